The van der Waals surface area contributed by atoms with E-state index in [4.69, 9.17) is 10.2 Å². The number of nitrogens with zero attached hydrogens (tertiary/aromatic N) is 1. The SMILES string of the molecule is Cn1c(=O)oc2cc(NCC3(CN)CC3)ccc21. The normalized spacial score (nSPS) is 17.0. The molecule has 1 aliphatic rings. The van der Waals surface area contributed by atoms with E-state index in [0.717, 1.165) is 24.3 Å². The Hall–Kier alpha value is -1.75. The summed E-state index contributed by atoms with van der Waals surface area (Å²) < 4.78 is 6.66. The molecule has 0 aliphatic heterocycles. The van der Waals surface area contributed by atoms with Gasteiger partial charge in [0, 0.05) is 25.3 Å². The molecule has 1 aliphatic carbocycles. The van der Waals surface area contributed by atoms with E-state index in [9.17, 15) is 4.79 Å². The Morgan fingerprint density at radius 2 is 2.28 bits per heavy atom. The summed E-state index contributed by atoms with van der Waals surface area (Å²) in [7, 11) is 1.70. The molecule has 1 saturated carbocycles. The summed E-state index contributed by atoms with van der Waals surface area (Å²) in [6.07, 6.45) is 2.39. The lowest BCUT2D eigenvalue weighted by molar-refractivity contribution is 0.528. The Morgan fingerprint density at radius 1 is 1.50 bits per heavy atom. The Labute approximate surface area is 105 Å². The zero-order valence-corrected chi connectivity index (χ0v) is 10.4. The van der Waals surface area contributed by atoms with Crippen LogP contribution in [0.2, 0.25) is 0 Å². The third-order valence-electron chi connectivity index (χ3n) is 3.85. The van der Waals surface area contributed by atoms with Crippen LogP contribution in [0.15, 0.2) is 27.4 Å². The fourth-order valence-electron chi connectivity index (χ4n) is 2.16. The molecule has 1 fully saturated rings. The van der Waals surface area contributed by atoms with Gasteiger partial charge in [0.05, 0.1) is 5.52 Å². The summed E-state index contributed by atoms with van der Waals surface area (Å²) in [6, 6.07) is 5.72. The van der Waals surface area contributed by atoms with Crippen LogP contribution in [-0.4, -0.2) is 17.7 Å². The van der Waals surface area contributed by atoms with Gasteiger partial charge in [0.2, 0.25) is 0 Å². The number of aromatic nitrogens is 1. The summed E-state index contributed by atoms with van der Waals surface area (Å²) in [4.78, 5) is 11.4. The average Bonchev–Trinajstić information content (AvgIpc) is 3.11. The molecule has 5 heteroatoms. The van der Waals surface area contributed by atoms with Crippen LogP contribution < -0.4 is 16.8 Å². The topological polar surface area (TPSA) is 73.2 Å². The minimum absolute atomic E-state index is 0.284. The molecule has 0 unspecified atom stereocenters. The van der Waals surface area contributed by atoms with Crippen molar-refractivity contribution in [2.75, 3.05) is 18.4 Å². The number of benzene rings is 1. The van der Waals surface area contributed by atoms with Crippen LogP contribution >= 0.6 is 0 Å². The molecule has 0 radical (unpaired) electrons. The number of hydrogen-bond acceptors (Lipinski definition) is 4. The summed E-state index contributed by atoms with van der Waals surface area (Å²) in [5, 5.41) is 3.37. The van der Waals surface area contributed by atoms with Gasteiger partial charge < -0.3 is 15.5 Å². The number of nitrogens with one attached hydrogen (secondary N) is 1. The quantitative estimate of drug-likeness (QED) is 0.853. The first-order chi connectivity index (χ1) is 8.63. The molecule has 0 bridgehead atoms. The largest absolute Gasteiger partial charge is 0.419 e. The summed E-state index contributed by atoms with van der Waals surface area (Å²) in [5.74, 6) is -0.331. The molecular formula is C13H17N3O2. The Kier molecular flexibility index (Phi) is 2.45. The molecular weight excluding hydrogens is 230 g/mol. The number of rotatable bonds is 4. The van der Waals surface area contributed by atoms with Crippen LogP contribution in [0.1, 0.15) is 12.8 Å². The minimum atomic E-state index is -0.331. The van der Waals surface area contributed by atoms with Gasteiger partial charge in [-0.05, 0) is 36.9 Å². The number of fused-ring (bicyclic) bond motifs is 1. The molecule has 3 N–H and O–H groups in total. The number of nitrogens with two attached hydrogens (primary N) is 1. The first-order valence-corrected chi connectivity index (χ1v) is 6.17. The zero-order chi connectivity index (χ0) is 12.8. The van der Waals surface area contributed by atoms with Crippen molar-refractivity contribution in [2.45, 2.75) is 12.8 Å². The van der Waals surface area contributed by atoms with E-state index >= 15 is 0 Å². The maximum Gasteiger partial charge on any atom is 0.419 e. The summed E-state index contributed by atoms with van der Waals surface area (Å²) in [6.45, 7) is 1.61. The lowest BCUT2D eigenvalue weighted by Crippen LogP contribution is -2.24. The van der Waals surface area contributed by atoms with Crippen molar-refractivity contribution >= 4 is 16.8 Å². The van der Waals surface area contributed by atoms with E-state index in [1.54, 1.807) is 7.05 Å². The van der Waals surface area contributed by atoms with Crippen LogP contribution in [0.3, 0.4) is 0 Å². The lowest BCUT2D eigenvalue weighted by Gasteiger charge is -2.14. The van der Waals surface area contributed by atoms with E-state index in [0.29, 0.717) is 5.58 Å². The third-order valence-corrected chi connectivity index (χ3v) is 3.85. The van der Waals surface area contributed by atoms with Crippen LogP contribution in [-0.2, 0) is 7.05 Å². The molecule has 0 spiro atoms. The molecule has 1 aromatic carbocycles. The van der Waals surface area contributed by atoms with E-state index in [-0.39, 0.29) is 11.2 Å². The zero-order valence-electron chi connectivity index (χ0n) is 10.4. The van der Waals surface area contributed by atoms with Crippen LogP contribution in [0.4, 0.5) is 5.69 Å². The van der Waals surface area contributed by atoms with Crippen LogP contribution in [0.5, 0.6) is 0 Å². The van der Waals surface area contributed by atoms with Crippen LogP contribution in [0, 0.1) is 5.41 Å². The highest BCUT2D eigenvalue weighted by molar-refractivity contribution is 5.77. The summed E-state index contributed by atoms with van der Waals surface area (Å²) >= 11 is 0. The molecule has 1 heterocycles. The highest BCUT2D eigenvalue weighted by Crippen LogP contribution is 2.44. The van der Waals surface area contributed by atoms with Crippen molar-refractivity contribution < 1.29 is 4.42 Å². The van der Waals surface area contributed by atoms with Gasteiger partial charge >= 0.3 is 5.76 Å². The number of oxazole rings is 1. The van der Waals surface area contributed by atoms with Crippen molar-refractivity contribution in [1.82, 2.24) is 4.57 Å². The van der Waals surface area contributed by atoms with Gasteiger partial charge in [-0.15, -0.1) is 0 Å². The van der Waals surface area contributed by atoms with E-state index < -0.39 is 0 Å². The minimum Gasteiger partial charge on any atom is -0.408 e. The Bertz CT molecular complexity index is 637. The molecule has 1 aromatic heterocycles. The molecule has 5 nitrogen and oxygen atoms in total. The third kappa shape index (κ3) is 1.80. The number of hydrogen-bond donors (Lipinski definition) is 2. The second-order valence-corrected chi connectivity index (χ2v) is 5.17. The molecule has 0 atom stereocenters. The number of anilines is 1. The second kappa shape index (κ2) is 3.88. The predicted octanol–water partition coefficient (Wildman–Crippen LogP) is 1.28. The van der Waals surface area contributed by atoms with Crippen LogP contribution in [0.25, 0.3) is 11.1 Å². The number of aryl methyl sites for hydroxylation is 1. The fourth-order valence-corrected chi connectivity index (χ4v) is 2.16. The standard InChI is InChI=1S/C13H17N3O2/c1-16-10-3-2-9(6-11(10)18-12(16)17)15-8-13(7-14)4-5-13/h2-3,6,15H,4-5,7-8,14H2,1H3. The van der Waals surface area contributed by atoms with Gasteiger partial charge in [-0.3, -0.25) is 4.57 Å². The van der Waals surface area contributed by atoms with Gasteiger partial charge in [0.25, 0.3) is 0 Å². The molecule has 96 valence electrons. The average molecular weight is 247 g/mol. The van der Waals surface area contributed by atoms with Gasteiger partial charge in [0.15, 0.2) is 5.58 Å². The van der Waals surface area contributed by atoms with Gasteiger partial charge in [-0.2, -0.15) is 0 Å². The predicted molar refractivity (Wildman–Crippen MR) is 70.7 cm³/mol. The lowest BCUT2D eigenvalue weighted by atomic mass is 10.1. The second-order valence-electron chi connectivity index (χ2n) is 5.17. The molecule has 0 saturated heterocycles. The Balaban J connectivity index is 1.83. The van der Waals surface area contributed by atoms with E-state index in [1.807, 2.05) is 18.2 Å². The maximum atomic E-state index is 11.4. The molecule has 18 heavy (non-hydrogen) atoms. The van der Waals surface area contributed by atoms with Gasteiger partial charge in [0.1, 0.15) is 0 Å². The molecule has 0 amide bonds. The smallest absolute Gasteiger partial charge is 0.408 e. The first-order valence-electron chi connectivity index (χ1n) is 6.17. The van der Waals surface area contributed by atoms with E-state index in [1.165, 1.54) is 17.4 Å². The highest BCUT2D eigenvalue weighted by atomic mass is 16.4. The molecule has 2 aromatic rings. The Morgan fingerprint density at radius 3 is 2.94 bits per heavy atom. The van der Waals surface area contributed by atoms with Crippen molar-refractivity contribution in [1.29, 1.82) is 0 Å². The van der Waals surface area contributed by atoms with Crippen molar-refractivity contribution in [2.24, 2.45) is 18.2 Å². The van der Waals surface area contributed by atoms with E-state index in [2.05, 4.69) is 5.32 Å². The molecule has 3 rings (SSSR count). The first kappa shape index (κ1) is 11.3. The van der Waals surface area contributed by atoms with Gasteiger partial charge in [-0.25, -0.2) is 4.79 Å². The monoisotopic (exact) mass is 247 g/mol. The summed E-state index contributed by atoms with van der Waals surface area (Å²) in [5.41, 5.74) is 8.42. The maximum absolute atomic E-state index is 11.4. The van der Waals surface area contributed by atoms with Crippen molar-refractivity contribution in [3.63, 3.8) is 0 Å². The highest BCUT2D eigenvalue weighted by Gasteiger charge is 2.40. The fraction of sp³-hybridized carbons (Fsp3) is 0.462. The van der Waals surface area contributed by atoms with Crippen molar-refractivity contribution in [3.8, 4) is 0 Å². The van der Waals surface area contributed by atoms with Gasteiger partial charge in [-0.1, -0.05) is 0 Å². The van der Waals surface area contributed by atoms with Crippen molar-refractivity contribution in [3.05, 3.63) is 28.7 Å².